The number of imidazole rings is 1. The highest BCUT2D eigenvalue weighted by atomic mass is 19.1. The van der Waals surface area contributed by atoms with Gasteiger partial charge in [-0.1, -0.05) is 31.9 Å². The maximum atomic E-state index is 13.0. The lowest BCUT2D eigenvalue weighted by Crippen LogP contribution is -2.21. The van der Waals surface area contributed by atoms with Crippen LogP contribution >= 0.6 is 0 Å². The number of rotatable bonds is 7. The Balaban J connectivity index is 2.00. The minimum Gasteiger partial charge on any atom is -0.348 e. The molecule has 102 valence electrons. The fourth-order valence-electron chi connectivity index (χ4n) is 2.10. The maximum Gasteiger partial charge on any atom is 0.123 e. The van der Waals surface area contributed by atoms with Gasteiger partial charge in [-0.05, 0) is 24.1 Å². The van der Waals surface area contributed by atoms with Gasteiger partial charge in [0.05, 0.1) is 6.54 Å². The summed E-state index contributed by atoms with van der Waals surface area (Å²) in [4.78, 5) is 7.27. The van der Waals surface area contributed by atoms with Crippen LogP contribution in [0.1, 0.15) is 43.6 Å². The highest BCUT2D eigenvalue weighted by Gasteiger charge is 2.11. The molecule has 19 heavy (non-hydrogen) atoms. The molecule has 0 aliphatic rings. The van der Waals surface area contributed by atoms with Crippen molar-refractivity contribution >= 4 is 0 Å². The highest BCUT2D eigenvalue weighted by Crippen LogP contribution is 2.20. The van der Waals surface area contributed by atoms with Crippen LogP contribution in [0.4, 0.5) is 4.39 Å². The normalized spacial score (nSPS) is 12.5. The summed E-state index contributed by atoms with van der Waals surface area (Å²) >= 11 is 0. The van der Waals surface area contributed by atoms with E-state index in [4.69, 9.17) is 0 Å². The largest absolute Gasteiger partial charge is 0.348 e. The van der Waals surface area contributed by atoms with Gasteiger partial charge in [0.25, 0.3) is 0 Å². The van der Waals surface area contributed by atoms with Crippen molar-refractivity contribution in [3.8, 4) is 0 Å². The summed E-state index contributed by atoms with van der Waals surface area (Å²) in [5.74, 6) is 0.729. The number of hydrogen-bond acceptors (Lipinski definition) is 2. The molecule has 2 aromatic rings. The molecular formula is C15H20FN3. The summed E-state index contributed by atoms with van der Waals surface area (Å²) in [6.45, 7) is 2.87. The molecule has 4 heteroatoms. The lowest BCUT2D eigenvalue weighted by atomic mass is 10.0. The molecule has 2 rings (SSSR count). The van der Waals surface area contributed by atoms with Crippen LogP contribution in [0.15, 0.2) is 36.7 Å². The molecule has 1 heterocycles. The Morgan fingerprint density at radius 2 is 2.11 bits per heavy atom. The van der Waals surface area contributed by atoms with Crippen molar-refractivity contribution in [1.29, 1.82) is 0 Å². The molecule has 0 spiro atoms. The average molecular weight is 261 g/mol. The van der Waals surface area contributed by atoms with Crippen LogP contribution in [0.2, 0.25) is 0 Å². The van der Waals surface area contributed by atoms with Gasteiger partial charge in [-0.15, -0.1) is 0 Å². The topological polar surface area (TPSA) is 40.7 Å². The van der Waals surface area contributed by atoms with Crippen LogP contribution in [0.25, 0.3) is 0 Å². The van der Waals surface area contributed by atoms with Gasteiger partial charge in [-0.25, -0.2) is 9.37 Å². The van der Waals surface area contributed by atoms with Gasteiger partial charge in [-0.2, -0.15) is 0 Å². The summed E-state index contributed by atoms with van der Waals surface area (Å²) in [5, 5.41) is 3.48. The van der Waals surface area contributed by atoms with Crippen LogP contribution in [0, 0.1) is 5.82 Å². The molecule has 0 amide bonds. The summed E-state index contributed by atoms with van der Waals surface area (Å²) in [7, 11) is 0. The third kappa shape index (κ3) is 4.17. The van der Waals surface area contributed by atoms with E-state index in [0.29, 0.717) is 6.54 Å². The molecule has 1 aromatic carbocycles. The first-order valence-electron chi connectivity index (χ1n) is 6.76. The molecule has 0 saturated heterocycles. The number of aromatic amines is 1. The number of nitrogens with one attached hydrogen (secondary N) is 2. The summed E-state index contributed by atoms with van der Waals surface area (Å²) < 4.78 is 13.0. The van der Waals surface area contributed by atoms with Crippen molar-refractivity contribution in [1.82, 2.24) is 15.3 Å². The first-order chi connectivity index (χ1) is 9.29. The van der Waals surface area contributed by atoms with Crippen molar-refractivity contribution in [2.24, 2.45) is 0 Å². The number of hydrogen-bond donors (Lipinski definition) is 2. The van der Waals surface area contributed by atoms with E-state index in [0.717, 1.165) is 30.7 Å². The predicted molar refractivity (Wildman–Crippen MR) is 74.1 cm³/mol. The Morgan fingerprint density at radius 3 is 2.74 bits per heavy atom. The zero-order chi connectivity index (χ0) is 13.5. The van der Waals surface area contributed by atoms with Crippen LogP contribution < -0.4 is 5.32 Å². The molecule has 0 aliphatic carbocycles. The Kier molecular flexibility index (Phi) is 5.10. The van der Waals surface area contributed by atoms with Gasteiger partial charge in [0.15, 0.2) is 0 Å². The lowest BCUT2D eigenvalue weighted by molar-refractivity contribution is 0.473. The molecule has 0 saturated carbocycles. The zero-order valence-electron chi connectivity index (χ0n) is 11.2. The third-order valence-corrected chi connectivity index (χ3v) is 3.19. The highest BCUT2D eigenvalue weighted by molar-refractivity contribution is 5.20. The predicted octanol–water partition coefficient (Wildman–Crippen LogP) is 3.57. The smallest absolute Gasteiger partial charge is 0.123 e. The molecule has 1 aromatic heterocycles. The fraction of sp³-hybridized carbons (Fsp3) is 0.400. The van der Waals surface area contributed by atoms with Crippen molar-refractivity contribution < 1.29 is 4.39 Å². The summed E-state index contributed by atoms with van der Waals surface area (Å²) in [6, 6.07) is 6.98. The number of halogens is 1. The summed E-state index contributed by atoms with van der Waals surface area (Å²) in [6.07, 6.45) is 6.90. The Labute approximate surface area is 113 Å². The van der Waals surface area contributed by atoms with Gasteiger partial charge >= 0.3 is 0 Å². The lowest BCUT2D eigenvalue weighted by Gasteiger charge is -2.18. The van der Waals surface area contributed by atoms with Crippen LogP contribution in [0.5, 0.6) is 0 Å². The first-order valence-corrected chi connectivity index (χ1v) is 6.76. The van der Waals surface area contributed by atoms with Gasteiger partial charge in [0.2, 0.25) is 0 Å². The standard InChI is InChI=1S/C15H20FN3/c1-2-3-4-14(12-5-7-13(16)8-6-12)19-11-15-17-9-10-18-15/h5-10,14,19H,2-4,11H2,1H3,(H,17,18). The number of aromatic nitrogens is 2. The van der Waals surface area contributed by atoms with E-state index >= 15 is 0 Å². The fourth-order valence-corrected chi connectivity index (χ4v) is 2.10. The number of benzene rings is 1. The van der Waals surface area contributed by atoms with E-state index in [1.54, 1.807) is 6.20 Å². The molecule has 0 fully saturated rings. The maximum absolute atomic E-state index is 13.0. The molecule has 0 aliphatic heterocycles. The van der Waals surface area contributed by atoms with Crippen LogP contribution in [-0.2, 0) is 6.54 Å². The van der Waals surface area contributed by atoms with Crippen molar-refractivity contribution in [3.63, 3.8) is 0 Å². The van der Waals surface area contributed by atoms with Crippen molar-refractivity contribution in [3.05, 3.63) is 53.9 Å². The second-order valence-corrected chi connectivity index (χ2v) is 4.66. The minimum atomic E-state index is -0.191. The third-order valence-electron chi connectivity index (χ3n) is 3.19. The van der Waals surface area contributed by atoms with Gasteiger partial charge in [0.1, 0.15) is 11.6 Å². The SMILES string of the molecule is CCCCC(NCc1ncc[nH]1)c1ccc(F)cc1. The molecule has 1 unspecified atom stereocenters. The zero-order valence-corrected chi connectivity index (χ0v) is 11.2. The average Bonchev–Trinajstić information content (AvgIpc) is 2.93. The molecule has 0 radical (unpaired) electrons. The van der Waals surface area contributed by atoms with Crippen molar-refractivity contribution in [2.45, 2.75) is 38.8 Å². The van der Waals surface area contributed by atoms with E-state index < -0.39 is 0 Å². The number of H-pyrrole nitrogens is 1. The quantitative estimate of drug-likeness (QED) is 0.800. The Bertz CT molecular complexity index is 465. The molecule has 0 bridgehead atoms. The monoisotopic (exact) mass is 261 g/mol. The van der Waals surface area contributed by atoms with E-state index in [2.05, 4.69) is 22.2 Å². The molecule has 1 atom stereocenters. The Hall–Kier alpha value is -1.68. The van der Waals surface area contributed by atoms with Gasteiger partial charge in [-0.3, -0.25) is 0 Å². The van der Waals surface area contributed by atoms with Gasteiger partial charge in [0, 0.05) is 18.4 Å². The van der Waals surface area contributed by atoms with E-state index in [9.17, 15) is 4.39 Å². The van der Waals surface area contributed by atoms with E-state index in [-0.39, 0.29) is 11.9 Å². The second kappa shape index (κ2) is 7.04. The van der Waals surface area contributed by atoms with E-state index in [1.807, 2.05) is 18.3 Å². The Morgan fingerprint density at radius 1 is 1.32 bits per heavy atom. The number of unbranched alkanes of at least 4 members (excludes halogenated alkanes) is 1. The van der Waals surface area contributed by atoms with Crippen molar-refractivity contribution in [2.75, 3.05) is 0 Å². The molecule has 2 N–H and O–H groups in total. The van der Waals surface area contributed by atoms with E-state index in [1.165, 1.54) is 12.1 Å². The molecule has 3 nitrogen and oxygen atoms in total. The van der Waals surface area contributed by atoms with Gasteiger partial charge < -0.3 is 10.3 Å². The number of nitrogens with zero attached hydrogens (tertiary/aromatic N) is 1. The molecular weight excluding hydrogens is 241 g/mol. The first kappa shape index (κ1) is 13.7. The van der Waals surface area contributed by atoms with Crippen LogP contribution in [0.3, 0.4) is 0 Å². The minimum absolute atomic E-state index is 0.191. The summed E-state index contributed by atoms with van der Waals surface area (Å²) in [5.41, 5.74) is 1.13. The van der Waals surface area contributed by atoms with Crippen LogP contribution in [-0.4, -0.2) is 9.97 Å². The second-order valence-electron chi connectivity index (χ2n) is 4.66.